The van der Waals surface area contributed by atoms with E-state index in [2.05, 4.69) is 5.32 Å². The quantitative estimate of drug-likeness (QED) is 0.299. The van der Waals surface area contributed by atoms with Crippen molar-refractivity contribution in [1.29, 1.82) is 0 Å². The molecular formula is C26H26F4N2O4S. The van der Waals surface area contributed by atoms with E-state index in [1.54, 1.807) is 24.3 Å². The molecule has 1 amide bonds. The molecule has 1 atom stereocenters. The summed E-state index contributed by atoms with van der Waals surface area (Å²) >= 11 is 0. The average Bonchev–Trinajstić information content (AvgIpc) is 2.85. The highest BCUT2D eigenvalue weighted by atomic mass is 32.3. The molecule has 3 rings (SSSR count). The topological polar surface area (TPSA) is 86.7 Å². The predicted molar refractivity (Wildman–Crippen MR) is 132 cm³/mol. The lowest BCUT2D eigenvalue weighted by molar-refractivity contribution is -0.137. The fourth-order valence-electron chi connectivity index (χ4n) is 3.75. The molecule has 6 nitrogen and oxygen atoms in total. The van der Waals surface area contributed by atoms with Gasteiger partial charge < -0.3 is 10.1 Å². The SMILES string of the molecule is CN([C@@H](CC=O)C(=O)NCc1cccc(-c2ccc(C(F)(F)F)cc2)c1)S(C)(=O)(O)c1ccc(F)cc1. The molecule has 0 aliphatic heterocycles. The number of rotatable bonds is 9. The molecule has 0 bridgehead atoms. The molecule has 0 saturated carbocycles. The molecule has 0 saturated heterocycles. The zero-order chi connectivity index (χ0) is 27.5. The van der Waals surface area contributed by atoms with Crippen LogP contribution in [-0.2, 0) is 31.8 Å². The number of nitrogens with zero attached hydrogens (tertiary/aromatic N) is 1. The number of carbonyl (C=O) groups is 2. The summed E-state index contributed by atoms with van der Waals surface area (Å²) < 4.78 is 77.4. The summed E-state index contributed by atoms with van der Waals surface area (Å²) in [6.45, 7) is -0.00544. The molecule has 0 fully saturated rings. The molecule has 0 heterocycles. The number of halogens is 4. The van der Waals surface area contributed by atoms with Gasteiger partial charge in [-0.3, -0.25) is 9.35 Å². The average molecular weight is 539 g/mol. The van der Waals surface area contributed by atoms with Gasteiger partial charge in [-0.05, 0) is 59.2 Å². The number of benzene rings is 3. The van der Waals surface area contributed by atoms with E-state index < -0.39 is 39.0 Å². The Balaban J connectivity index is 1.77. The third-order valence-electron chi connectivity index (χ3n) is 6.04. The lowest BCUT2D eigenvalue weighted by Gasteiger charge is -2.49. The minimum Gasteiger partial charge on any atom is -0.351 e. The van der Waals surface area contributed by atoms with Gasteiger partial charge in [0.15, 0.2) is 0 Å². The second kappa shape index (κ2) is 10.5. The van der Waals surface area contributed by atoms with E-state index >= 15 is 0 Å². The normalized spacial score (nSPS) is 14.0. The summed E-state index contributed by atoms with van der Waals surface area (Å²) in [7, 11) is -3.59. The molecule has 11 heteroatoms. The maximum Gasteiger partial charge on any atom is 0.416 e. The summed E-state index contributed by atoms with van der Waals surface area (Å²) in [5.41, 5.74) is 1.04. The van der Waals surface area contributed by atoms with E-state index in [1.807, 2.05) is 0 Å². The highest BCUT2D eigenvalue weighted by Crippen LogP contribution is 2.35. The Bertz CT molecular complexity index is 1340. The van der Waals surface area contributed by atoms with Crippen molar-refractivity contribution in [1.82, 2.24) is 9.62 Å². The van der Waals surface area contributed by atoms with Gasteiger partial charge in [0.1, 0.15) is 18.1 Å². The first-order valence-corrected chi connectivity index (χ1v) is 13.4. The van der Waals surface area contributed by atoms with Gasteiger partial charge in [0.2, 0.25) is 5.91 Å². The fourth-order valence-corrected chi connectivity index (χ4v) is 5.62. The number of alkyl halides is 3. The van der Waals surface area contributed by atoms with Crippen LogP contribution in [0.5, 0.6) is 0 Å². The van der Waals surface area contributed by atoms with E-state index in [0.29, 0.717) is 23.0 Å². The van der Waals surface area contributed by atoms with Gasteiger partial charge >= 0.3 is 6.18 Å². The molecule has 0 spiro atoms. The van der Waals surface area contributed by atoms with Crippen LogP contribution in [0.15, 0.2) is 77.7 Å². The molecular weight excluding hydrogens is 512 g/mol. The molecule has 0 aliphatic rings. The Labute approximate surface area is 211 Å². The molecule has 0 aromatic heterocycles. The van der Waals surface area contributed by atoms with Gasteiger partial charge in [-0.25, -0.2) is 4.39 Å². The van der Waals surface area contributed by atoms with Gasteiger partial charge in [-0.1, -0.05) is 30.3 Å². The maximum atomic E-state index is 13.6. The Morgan fingerprint density at radius 2 is 1.68 bits per heavy atom. The minimum atomic E-state index is -4.83. The van der Waals surface area contributed by atoms with Crippen molar-refractivity contribution < 1.29 is 35.9 Å². The molecule has 3 aromatic rings. The first-order chi connectivity index (χ1) is 17.2. The van der Waals surface area contributed by atoms with Crippen LogP contribution in [0.25, 0.3) is 11.1 Å². The Kier molecular flexibility index (Phi) is 8.01. The Hall–Kier alpha value is -3.41. The molecule has 0 radical (unpaired) electrons. The van der Waals surface area contributed by atoms with Crippen molar-refractivity contribution in [2.24, 2.45) is 0 Å². The maximum absolute atomic E-state index is 13.6. The second-order valence-corrected chi connectivity index (χ2v) is 12.2. The minimum absolute atomic E-state index is 0.00544. The predicted octanol–water partition coefficient (Wildman–Crippen LogP) is 4.91. The van der Waals surface area contributed by atoms with Crippen molar-refractivity contribution in [2.75, 3.05) is 13.3 Å². The van der Waals surface area contributed by atoms with Crippen LogP contribution in [0.1, 0.15) is 17.5 Å². The number of aldehydes is 1. The summed E-state index contributed by atoms with van der Waals surface area (Å²) in [6, 6.07) is 14.5. The van der Waals surface area contributed by atoms with Crippen molar-refractivity contribution in [3.8, 4) is 11.1 Å². The Morgan fingerprint density at radius 3 is 2.24 bits per heavy atom. The van der Waals surface area contributed by atoms with Crippen LogP contribution < -0.4 is 5.32 Å². The molecule has 3 aromatic carbocycles. The van der Waals surface area contributed by atoms with Crippen molar-refractivity contribution in [3.63, 3.8) is 0 Å². The smallest absolute Gasteiger partial charge is 0.351 e. The lowest BCUT2D eigenvalue weighted by atomic mass is 10.0. The zero-order valence-corrected chi connectivity index (χ0v) is 20.9. The molecule has 37 heavy (non-hydrogen) atoms. The molecule has 0 unspecified atom stereocenters. The van der Waals surface area contributed by atoms with Gasteiger partial charge in [0.05, 0.1) is 10.5 Å². The largest absolute Gasteiger partial charge is 0.416 e. The number of hydrogen-bond acceptors (Lipinski definition) is 3. The summed E-state index contributed by atoms with van der Waals surface area (Å²) in [6.07, 6.45) is -3.34. The highest BCUT2D eigenvalue weighted by Gasteiger charge is 2.38. The van der Waals surface area contributed by atoms with Crippen LogP contribution in [0.2, 0.25) is 0 Å². The molecule has 2 N–H and O–H groups in total. The highest BCUT2D eigenvalue weighted by molar-refractivity contribution is 8.12. The Morgan fingerprint density at radius 1 is 1.05 bits per heavy atom. The van der Waals surface area contributed by atoms with Crippen LogP contribution in [0.3, 0.4) is 0 Å². The first-order valence-electron chi connectivity index (χ1n) is 11.1. The van der Waals surface area contributed by atoms with E-state index in [9.17, 15) is 35.9 Å². The van der Waals surface area contributed by atoms with Crippen LogP contribution in [-0.4, -0.2) is 44.6 Å². The molecule has 0 aliphatic carbocycles. The number of likely N-dealkylation sites (N-methyl/N-ethyl adjacent to an activating group) is 1. The lowest BCUT2D eigenvalue weighted by Crippen LogP contribution is -2.57. The first kappa shape index (κ1) is 28.2. The standard InChI is InChI=1S/C26H26F4N2O4S/c1-32(37(2,35,36)23-12-10-22(27)11-13-23)24(14-15-33)25(34)31-17-18-4-3-5-20(16-18)19-6-8-21(9-7-19)26(28,29)30/h3-13,15-16,24H,14,17H2,1-2H3,(H,31,34)(H,35,36)/t24-/m0/s1. The van der Waals surface area contributed by atoms with E-state index in [0.717, 1.165) is 47.0 Å². The zero-order valence-electron chi connectivity index (χ0n) is 20.0. The molecule has 198 valence electrons. The van der Waals surface area contributed by atoms with Gasteiger partial charge in [0.25, 0.3) is 0 Å². The third-order valence-corrected chi connectivity index (χ3v) is 9.00. The van der Waals surface area contributed by atoms with Gasteiger partial charge in [-0.2, -0.15) is 21.7 Å². The van der Waals surface area contributed by atoms with Crippen LogP contribution >= 0.6 is 0 Å². The summed E-state index contributed by atoms with van der Waals surface area (Å²) in [5.74, 6) is -1.29. The monoisotopic (exact) mass is 538 g/mol. The van der Waals surface area contributed by atoms with E-state index in [1.165, 1.54) is 19.2 Å². The number of amides is 1. The number of carbonyl (C=O) groups excluding carboxylic acids is 2. The summed E-state index contributed by atoms with van der Waals surface area (Å²) in [5, 5.41) is 2.64. The van der Waals surface area contributed by atoms with E-state index in [-0.39, 0.29) is 17.9 Å². The van der Waals surface area contributed by atoms with Crippen molar-refractivity contribution in [3.05, 3.63) is 89.7 Å². The van der Waals surface area contributed by atoms with Crippen LogP contribution in [0, 0.1) is 5.82 Å². The van der Waals surface area contributed by atoms with Crippen LogP contribution in [0.4, 0.5) is 17.6 Å². The second-order valence-electron chi connectivity index (χ2n) is 8.64. The number of hydrogen-bond donors (Lipinski definition) is 2. The van der Waals surface area contributed by atoms with Gasteiger partial charge in [-0.15, -0.1) is 9.53 Å². The van der Waals surface area contributed by atoms with Gasteiger partial charge in [0, 0.05) is 26.3 Å². The number of nitrogens with one attached hydrogen (secondary N) is 1. The summed E-state index contributed by atoms with van der Waals surface area (Å²) in [4.78, 5) is 24.2. The fraction of sp³-hybridized carbons (Fsp3) is 0.231. The van der Waals surface area contributed by atoms with Crippen molar-refractivity contribution in [2.45, 2.75) is 30.1 Å². The van der Waals surface area contributed by atoms with Crippen molar-refractivity contribution >= 4 is 21.7 Å². The van der Waals surface area contributed by atoms with E-state index in [4.69, 9.17) is 0 Å². The third kappa shape index (κ3) is 6.48.